The van der Waals surface area contributed by atoms with Gasteiger partial charge in [0, 0.05) is 29.2 Å². The smallest absolute Gasteiger partial charge is 0.331 e. The molecule has 4 aromatic rings. The predicted octanol–water partition coefficient (Wildman–Crippen LogP) is 3.94. The van der Waals surface area contributed by atoms with Crippen molar-refractivity contribution in [3.63, 3.8) is 0 Å². The second-order valence-electron chi connectivity index (χ2n) is 7.50. The van der Waals surface area contributed by atoms with Crippen molar-refractivity contribution in [2.45, 2.75) is 13.1 Å². The third-order valence-corrected chi connectivity index (χ3v) is 5.39. The highest BCUT2D eigenvalue weighted by atomic mass is 16.3. The molecule has 1 N–H and O–H groups in total. The summed E-state index contributed by atoms with van der Waals surface area (Å²) in [4.78, 5) is 38.8. The molecule has 0 saturated carbocycles. The van der Waals surface area contributed by atoms with Crippen molar-refractivity contribution in [1.29, 1.82) is 0 Å². The number of imide groups is 2. The Morgan fingerprint density at radius 2 is 1.66 bits per heavy atom. The van der Waals surface area contributed by atoms with Crippen LogP contribution in [0.25, 0.3) is 17.0 Å². The number of carbonyl (C=O) groups is 3. The maximum atomic E-state index is 13.0. The van der Waals surface area contributed by atoms with Crippen LogP contribution in [-0.2, 0) is 22.7 Å². The molecule has 0 aliphatic carbocycles. The first-order chi connectivity index (χ1) is 15.6. The Morgan fingerprint density at radius 1 is 0.875 bits per heavy atom. The van der Waals surface area contributed by atoms with E-state index in [-0.39, 0.29) is 12.1 Å². The molecule has 0 bridgehead atoms. The monoisotopic (exact) mass is 425 g/mol. The first-order valence-corrected chi connectivity index (χ1v) is 10.1. The molecule has 2 aromatic carbocycles. The van der Waals surface area contributed by atoms with E-state index in [4.69, 9.17) is 4.42 Å². The standard InChI is InChI=1S/C25H19N3O4/c29-23-21(24(30)28(25(31)26-23)16-19-9-6-12-32-19)13-18-15-27(14-17-7-2-1-3-8-17)22-11-5-4-10-20(18)22/h1-13,15H,14,16H2,(H,26,29,31). The first kappa shape index (κ1) is 19.6. The summed E-state index contributed by atoms with van der Waals surface area (Å²) in [6, 6.07) is 20.4. The lowest BCUT2D eigenvalue weighted by Gasteiger charge is -2.25. The van der Waals surface area contributed by atoms with Crippen molar-refractivity contribution in [2.75, 3.05) is 0 Å². The normalized spacial score (nSPS) is 15.6. The van der Waals surface area contributed by atoms with Crippen molar-refractivity contribution >= 4 is 34.8 Å². The highest BCUT2D eigenvalue weighted by Crippen LogP contribution is 2.26. The molecule has 2 aromatic heterocycles. The molecule has 1 aliphatic heterocycles. The minimum absolute atomic E-state index is 0.0575. The fourth-order valence-corrected chi connectivity index (χ4v) is 3.85. The summed E-state index contributed by atoms with van der Waals surface area (Å²) >= 11 is 0. The number of carbonyl (C=O) groups excluding carboxylic acids is 3. The number of urea groups is 1. The van der Waals surface area contributed by atoms with Gasteiger partial charge in [-0.3, -0.25) is 19.8 Å². The van der Waals surface area contributed by atoms with Crippen molar-refractivity contribution in [3.05, 3.63) is 102 Å². The molecule has 7 heteroatoms. The van der Waals surface area contributed by atoms with Crippen LogP contribution in [0.15, 0.2) is 89.2 Å². The molecular weight excluding hydrogens is 406 g/mol. The molecule has 1 fully saturated rings. The van der Waals surface area contributed by atoms with Crippen LogP contribution in [0.1, 0.15) is 16.9 Å². The molecule has 7 nitrogen and oxygen atoms in total. The van der Waals surface area contributed by atoms with Crippen molar-refractivity contribution < 1.29 is 18.8 Å². The summed E-state index contributed by atoms with van der Waals surface area (Å²) in [5.41, 5.74) is 2.74. The van der Waals surface area contributed by atoms with Crippen LogP contribution in [0.2, 0.25) is 0 Å². The number of barbiturate groups is 1. The Hall–Kier alpha value is -4.39. The molecule has 4 amide bonds. The van der Waals surface area contributed by atoms with Crippen LogP contribution in [0.4, 0.5) is 4.79 Å². The lowest BCUT2D eigenvalue weighted by molar-refractivity contribution is -0.130. The number of amides is 4. The van der Waals surface area contributed by atoms with E-state index in [0.29, 0.717) is 12.3 Å². The Kier molecular flexibility index (Phi) is 4.91. The molecular formula is C25H19N3O4. The topological polar surface area (TPSA) is 84.6 Å². The van der Waals surface area contributed by atoms with Crippen LogP contribution in [0.3, 0.4) is 0 Å². The number of nitrogens with zero attached hydrogens (tertiary/aromatic N) is 2. The number of rotatable bonds is 5. The largest absolute Gasteiger partial charge is 0.467 e. The fourth-order valence-electron chi connectivity index (χ4n) is 3.85. The van der Waals surface area contributed by atoms with Gasteiger partial charge in [-0.1, -0.05) is 48.5 Å². The molecule has 32 heavy (non-hydrogen) atoms. The lowest BCUT2D eigenvalue weighted by atomic mass is 10.1. The number of aromatic nitrogens is 1. The summed E-state index contributed by atoms with van der Waals surface area (Å²) in [5, 5.41) is 3.16. The number of hydrogen-bond acceptors (Lipinski definition) is 4. The molecule has 0 unspecified atom stereocenters. The summed E-state index contributed by atoms with van der Waals surface area (Å²) in [6.45, 7) is 0.589. The maximum Gasteiger partial charge on any atom is 0.331 e. The van der Waals surface area contributed by atoms with E-state index < -0.39 is 17.8 Å². The average Bonchev–Trinajstić information content (AvgIpc) is 3.43. The van der Waals surface area contributed by atoms with E-state index in [1.807, 2.05) is 60.8 Å². The van der Waals surface area contributed by atoms with E-state index >= 15 is 0 Å². The number of fused-ring (bicyclic) bond motifs is 1. The Bertz CT molecular complexity index is 1350. The minimum Gasteiger partial charge on any atom is -0.467 e. The predicted molar refractivity (Wildman–Crippen MR) is 118 cm³/mol. The zero-order valence-corrected chi connectivity index (χ0v) is 17.0. The molecule has 158 valence electrons. The highest BCUT2D eigenvalue weighted by molar-refractivity contribution is 6.31. The van der Waals surface area contributed by atoms with Gasteiger partial charge < -0.3 is 8.98 Å². The summed E-state index contributed by atoms with van der Waals surface area (Å²) < 4.78 is 7.33. The quantitative estimate of drug-likeness (QED) is 0.388. The van der Waals surface area contributed by atoms with Gasteiger partial charge in [-0.25, -0.2) is 4.79 Å². The fraction of sp³-hybridized carbons (Fsp3) is 0.0800. The zero-order valence-electron chi connectivity index (χ0n) is 17.0. The summed E-state index contributed by atoms with van der Waals surface area (Å²) in [6.07, 6.45) is 4.92. The van der Waals surface area contributed by atoms with Crippen molar-refractivity contribution in [2.24, 2.45) is 0 Å². The van der Waals surface area contributed by atoms with Gasteiger partial charge in [0.1, 0.15) is 11.3 Å². The summed E-state index contributed by atoms with van der Waals surface area (Å²) in [7, 11) is 0. The maximum absolute atomic E-state index is 13.0. The number of para-hydroxylation sites is 1. The minimum atomic E-state index is -0.764. The molecule has 1 saturated heterocycles. The van der Waals surface area contributed by atoms with Gasteiger partial charge in [0.15, 0.2) is 0 Å². The van der Waals surface area contributed by atoms with Crippen LogP contribution in [0.5, 0.6) is 0 Å². The van der Waals surface area contributed by atoms with Gasteiger partial charge in [-0.2, -0.15) is 0 Å². The van der Waals surface area contributed by atoms with E-state index in [9.17, 15) is 14.4 Å². The number of furan rings is 1. The van der Waals surface area contributed by atoms with E-state index in [1.165, 1.54) is 6.26 Å². The van der Waals surface area contributed by atoms with Gasteiger partial charge in [-0.15, -0.1) is 0 Å². The zero-order chi connectivity index (χ0) is 22.1. The molecule has 0 spiro atoms. The van der Waals surface area contributed by atoms with Crippen LogP contribution >= 0.6 is 0 Å². The molecule has 5 rings (SSSR count). The van der Waals surface area contributed by atoms with Crippen molar-refractivity contribution in [1.82, 2.24) is 14.8 Å². The van der Waals surface area contributed by atoms with Gasteiger partial charge in [0.25, 0.3) is 11.8 Å². The van der Waals surface area contributed by atoms with Crippen molar-refractivity contribution in [3.8, 4) is 0 Å². The Balaban J connectivity index is 1.53. The van der Waals surface area contributed by atoms with Crippen LogP contribution in [-0.4, -0.2) is 27.3 Å². The Labute approximate surface area is 183 Å². The first-order valence-electron chi connectivity index (χ1n) is 10.1. The molecule has 3 heterocycles. The van der Waals surface area contributed by atoms with E-state index in [0.717, 1.165) is 26.9 Å². The number of nitrogens with one attached hydrogen (secondary N) is 1. The second-order valence-corrected chi connectivity index (χ2v) is 7.50. The van der Waals surface area contributed by atoms with Gasteiger partial charge in [0.05, 0.1) is 12.8 Å². The van der Waals surface area contributed by atoms with Crippen LogP contribution in [0, 0.1) is 0 Å². The molecule has 1 aliphatic rings. The average molecular weight is 425 g/mol. The third kappa shape index (κ3) is 3.60. The van der Waals surface area contributed by atoms with E-state index in [1.54, 1.807) is 18.2 Å². The summed E-state index contributed by atoms with van der Waals surface area (Å²) in [5.74, 6) is -0.924. The number of benzene rings is 2. The highest BCUT2D eigenvalue weighted by Gasteiger charge is 2.36. The molecule has 0 radical (unpaired) electrons. The number of hydrogen-bond donors (Lipinski definition) is 1. The second kappa shape index (κ2) is 8.03. The van der Waals surface area contributed by atoms with Gasteiger partial charge in [0.2, 0.25) is 0 Å². The lowest BCUT2D eigenvalue weighted by Crippen LogP contribution is -2.53. The van der Waals surface area contributed by atoms with Gasteiger partial charge in [-0.05, 0) is 29.8 Å². The van der Waals surface area contributed by atoms with Gasteiger partial charge >= 0.3 is 6.03 Å². The molecule has 0 atom stereocenters. The SMILES string of the molecule is O=C1NC(=O)N(Cc2ccco2)C(=O)C1=Cc1cn(Cc2ccccc2)c2ccccc12. The van der Waals surface area contributed by atoms with Crippen LogP contribution < -0.4 is 5.32 Å². The third-order valence-electron chi connectivity index (χ3n) is 5.39. The Morgan fingerprint density at radius 3 is 2.44 bits per heavy atom. The van der Waals surface area contributed by atoms with E-state index in [2.05, 4.69) is 9.88 Å².